The summed E-state index contributed by atoms with van der Waals surface area (Å²) in [6, 6.07) is 8.27. The van der Waals surface area contributed by atoms with E-state index in [4.69, 9.17) is 21.3 Å². The van der Waals surface area contributed by atoms with Gasteiger partial charge in [0, 0.05) is 36.4 Å². The fraction of sp³-hybridized carbons (Fsp3) is 0.550. The molecule has 0 amide bonds. The minimum absolute atomic E-state index is 0. The molecule has 2 heterocycles. The summed E-state index contributed by atoms with van der Waals surface area (Å²) in [7, 11) is 1.66. The summed E-state index contributed by atoms with van der Waals surface area (Å²) in [5.41, 5.74) is 1.19. The lowest BCUT2D eigenvalue weighted by atomic mass is 10.1. The molecule has 1 aliphatic heterocycles. The predicted molar refractivity (Wildman–Crippen MR) is 135 cm³/mol. The molecule has 0 spiro atoms. The van der Waals surface area contributed by atoms with Crippen LogP contribution in [0.5, 0.6) is 0 Å². The SMILES string of the molecule is CCNC(=NCC(SC)c1cccc(Cl)c1)NC1CCc2nc(COC)nn2C1.I. The summed E-state index contributed by atoms with van der Waals surface area (Å²) in [5.74, 6) is 2.60. The number of nitrogens with one attached hydrogen (secondary N) is 2. The number of ether oxygens (including phenoxy) is 1. The van der Waals surface area contributed by atoms with E-state index < -0.39 is 0 Å². The number of fused-ring (bicyclic) bond motifs is 1. The zero-order valence-electron chi connectivity index (χ0n) is 17.6. The number of aliphatic imine (C=N–C) groups is 1. The average molecular weight is 565 g/mol. The Kier molecular flexibility index (Phi) is 10.7. The number of nitrogens with zero attached hydrogens (tertiary/aromatic N) is 4. The van der Waals surface area contributed by atoms with Crippen LogP contribution >= 0.6 is 47.3 Å². The quantitative estimate of drug-likeness (QED) is 0.290. The van der Waals surface area contributed by atoms with Gasteiger partial charge in [-0.3, -0.25) is 4.99 Å². The molecule has 166 valence electrons. The second-order valence-electron chi connectivity index (χ2n) is 6.94. The molecule has 3 rings (SSSR count). The molecule has 2 N–H and O–H groups in total. The van der Waals surface area contributed by atoms with Crippen molar-refractivity contribution in [2.45, 2.75) is 44.2 Å². The van der Waals surface area contributed by atoms with Gasteiger partial charge in [-0.2, -0.15) is 16.9 Å². The van der Waals surface area contributed by atoms with Crippen molar-refractivity contribution in [3.05, 3.63) is 46.5 Å². The van der Waals surface area contributed by atoms with E-state index in [1.54, 1.807) is 18.9 Å². The van der Waals surface area contributed by atoms with Gasteiger partial charge in [0.05, 0.1) is 13.1 Å². The van der Waals surface area contributed by atoms with Crippen LogP contribution in [0, 0.1) is 0 Å². The van der Waals surface area contributed by atoms with E-state index >= 15 is 0 Å². The molecule has 0 radical (unpaired) electrons. The van der Waals surface area contributed by atoms with E-state index in [2.05, 4.69) is 40.0 Å². The molecule has 2 aromatic rings. The van der Waals surface area contributed by atoms with E-state index in [0.29, 0.717) is 13.2 Å². The number of methoxy groups -OCH3 is 1. The van der Waals surface area contributed by atoms with Crippen molar-refractivity contribution in [1.29, 1.82) is 0 Å². The Labute approximate surface area is 204 Å². The number of thioether (sulfide) groups is 1. The van der Waals surface area contributed by atoms with Gasteiger partial charge >= 0.3 is 0 Å². The van der Waals surface area contributed by atoms with E-state index in [9.17, 15) is 0 Å². The van der Waals surface area contributed by atoms with Crippen LogP contribution in [0.4, 0.5) is 0 Å². The summed E-state index contributed by atoms with van der Waals surface area (Å²) in [6.45, 7) is 4.79. The van der Waals surface area contributed by atoms with Crippen molar-refractivity contribution in [1.82, 2.24) is 25.4 Å². The number of benzene rings is 1. The van der Waals surface area contributed by atoms with Gasteiger partial charge in [-0.05, 0) is 37.3 Å². The van der Waals surface area contributed by atoms with Crippen LogP contribution < -0.4 is 10.6 Å². The van der Waals surface area contributed by atoms with Crippen LogP contribution in [-0.4, -0.2) is 53.2 Å². The predicted octanol–water partition coefficient (Wildman–Crippen LogP) is 3.67. The second kappa shape index (κ2) is 12.7. The van der Waals surface area contributed by atoms with Crippen molar-refractivity contribution >= 4 is 53.3 Å². The smallest absolute Gasteiger partial charge is 0.191 e. The number of guanidine groups is 1. The summed E-state index contributed by atoms with van der Waals surface area (Å²) >= 11 is 7.94. The lowest BCUT2D eigenvalue weighted by Gasteiger charge is -2.25. The Bertz CT molecular complexity index is 833. The van der Waals surface area contributed by atoms with E-state index in [1.165, 1.54) is 5.56 Å². The first-order valence-corrected chi connectivity index (χ1v) is 11.5. The van der Waals surface area contributed by atoms with Crippen molar-refractivity contribution in [2.24, 2.45) is 4.99 Å². The number of aromatic nitrogens is 3. The largest absolute Gasteiger partial charge is 0.377 e. The summed E-state index contributed by atoms with van der Waals surface area (Å²) in [6.07, 6.45) is 3.99. The first-order chi connectivity index (χ1) is 14.1. The van der Waals surface area contributed by atoms with E-state index in [-0.39, 0.29) is 35.3 Å². The number of halogens is 2. The molecule has 0 saturated carbocycles. The Morgan fingerprint density at radius 3 is 3.00 bits per heavy atom. The zero-order chi connectivity index (χ0) is 20.6. The molecule has 0 fully saturated rings. The maximum atomic E-state index is 6.16. The molecule has 10 heteroatoms. The maximum absolute atomic E-state index is 6.16. The normalized spacial score (nSPS) is 17.1. The first kappa shape index (κ1) is 25.2. The van der Waals surface area contributed by atoms with Gasteiger partial charge < -0.3 is 15.4 Å². The average Bonchev–Trinajstić information content (AvgIpc) is 3.10. The molecule has 0 saturated heterocycles. The standard InChI is InChI=1S/C20H29ClN6OS.HI/c1-4-22-20(23-11-17(29-3)14-6-5-7-15(21)10-14)24-16-8-9-19-25-18(13-28-2)26-27(19)12-16;/h5-7,10,16-17H,4,8-9,11-13H2,1-3H3,(H2,22,23,24);1H. The van der Waals surface area contributed by atoms with Gasteiger partial charge in [0.1, 0.15) is 12.4 Å². The number of hydrogen-bond acceptors (Lipinski definition) is 5. The van der Waals surface area contributed by atoms with Crippen LogP contribution in [0.25, 0.3) is 0 Å². The Balaban J connectivity index is 0.00000320. The zero-order valence-corrected chi connectivity index (χ0v) is 21.5. The van der Waals surface area contributed by atoms with Crippen LogP contribution in [0.3, 0.4) is 0 Å². The van der Waals surface area contributed by atoms with Crippen LogP contribution in [0.1, 0.15) is 35.8 Å². The van der Waals surface area contributed by atoms with E-state index in [1.807, 2.05) is 22.9 Å². The minimum atomic E-state index is 0. The Morgan fingerprint density at radius 1 is 1.47 bits per heavy atom. The van der Waals surface area contributed by atoms with Gasteiger partial charge in [-0.1, -0.05) is 23.7 Å². The fourth-order valence-electron chi connectivity index (χ4n) is 3.38. The van der Waals surface area contributed by atoms with Gasteiger partial charge in [-0.15, -0.1) is 24.0 Å². The topological polar surface area (TPSA) is 76.4 Å². The molecule has 1 aromatic heterocycles. The summed E-state index contributed by atoms with van der Waals surface area (Å²) in [5, 5.41) is 12.5. The lowest BCUT2D eigenvalue weighted by Crippen LogP contribution is -2.47. The molecule has 1 aliphatic rings. The Hall–Kier alpha value is -1.04. The number of aryl methyl sites for hydroxylation is 1. The van der Waals surface area contributed by atoms with Crippen molar-refractivity contribution in [3.8, 4) is 0 Å². The molecule has 2 atom stereocenters. The van der Waals surface area contributed by atoms with Gasteiger partial charge in [-0.25, -0.2) is 9.67 Å². The number of rotatable bonds is 8. The number of hydrogen-bond donors (Lipinski definition) is 2. The summed E-state index contributed by atoms with van der Waals surface area (Å²) < 4.78 is 7.13. The van der Waals surface area contributed by atoms with Crippen LogP contribution in [0.15, 0.2) is 29.3 Å². The molecule has 0 bridgehead atoms. The maximum Gasteiger partial charge on any atom is 0.191 e. The molecule has 7 nitrogen and oxygen atoms in total. The lowest BCUT2D eigenvalue weighted by molar-refractivity contribution is 0.177. The molecule has 2 unspecified atom stereocenters. The molecular weight excluding hydrogens is 535 g/mol. The minimum Gasteiger partial charge on any atom is -0.377 e. The molecule has 30 heavy (non-hydrogen) atoms. The van der Waals surface area contributed by atoms with Crippen molar-refractivity contribution < 1.29 is 4.74 Å². The third-order valence-corrected chi connectivity index (χ3v) is 6.01. The monoisotopic (exact) mass is 564 g/mol. The van der Waals surface area contributed by atoms with Gasteiger partial charge in [0.2, 0.25) is 0 Å². The molecule has 1 aromatic carbocycles. The third-order valence-electron chi connectivity index (χ3n) is 4.78. The van der Waals surface area contributed by atoms with E-state index in [0.717, 1.165) is 48.6 Å². The second-order valence-corrected chi connectivity index (χ2v) is 8.42. The first-order valence-electron chi connectivity index (χ1n) is 9.87. The Morgan fingerprint density at radius 2 is 2.30 bits per heavy atom. The van der Waals surface area contributed by atoms with Gasteiger partial charge in [0.25, 0.3) is 0 Å². The fourth-order valence-corrected chi connectivity index (χ4v) is 4.22. The van der Waals surface area contributed by atoms with Gasteiger partial charge in [0.15, 0.2) is 11.8 Å². The molecular formula is C20H30ClIN6OS. The highest BCUT2D eigenvalue weighted by Crippen LogP contribution is 2.28. The van der Waals surface area contributed by atoms with Crippen LogP contribution in [-0.2, 0) is 24.3 Å². The third kappa shape index (κ3) is 7.00. The highest BCUT2D eigenvalue weighted by atomic mass is 127. The summed E-state index contributed by atoms with van der Waals surface area (Å²) in [4.78, 5) is 9.38. The van der Waals surface area contributed by atoms with Crippen molar-refractivity contribution in [2.75, 3.05) is 26.5 Å². The van der Waals surface area contributed by atoms with Crippen molar-refractivity contribution in [3.63, 3.8) is 0 Å². The van der Waals surface area contributed by atoms with Crippen LogP contribution in [0.2, 0.25) is 5.02 Å². The highest BCUT2D eigenvalue weighted by molar-refractivity contribution is 14.0. The highest BCUT2D eigenvalue weighted by Gasteiger charge is 2.22. The molecule has 0 aliphatic carbocycles.